The minimum absolute atomic E-state index is 0.0280. The van der Waals surface area contributed by atoms with Crippen molar-refractivity contribution in [1.82, 2.24) is 0 Å². The zero-order valence-corrected chi connectivity index (χ0v) is 10.9. The van der Waals surface area contributed by atoms with Crippen molar-refractivity contribution in [3.63, 3.8) is 0 Å². The number of fused-ring (bicyclic) bond motifs is 1. The Morgan fingerprint density at radius 1 is 1.59 bits per heavy atom. The van der Waals surface area contributed by atoms with Crippen molar-refractivity contribution in [2.24, 2.45) is 23.2 Å². The van der Waals surface area contributed by atoms with Gasteiger partial charge in [0.2, 0.25) is 0 Å². The van der Waals surface area contributed by atoms with Crippen LogP contribution in [0.25, 0.3) is 0 Å². The molecule has 2 aliphatic rings. The van der Waals surface area contributed by atoms with E-state index in [4.69, 9.17) is 4.74 Å². The highest BCUT2D eigenvalue weighted by molar-refractivity contribution is 5.78. The Bertz CT molecular complexity index is 358. The van der Waals surface area contributed by atoms with Gasteiger partial charge in [0.25, 0.3) is 0 Å². The van der Waals surface area contributed by atoms with Crippen LogP contribution in [0.3, 0.4) is 0 Å². The number of hydrogen-bond donors (Lipinski definition) is 0. The Balaban J connectivity index is 2.09. The van der Waals surface area contributed by atoms with Crippen molar-refractivity contribution >= 4 is 5.97 Å². The van der Waals surface area contributed by atoms with E-state index in [0.29, 0.717) is 18.4 Å². The van der Waals surface area contributed by atoms with Crippen LogP contribution in [0.1, 0.15) is 33.1 Å². The second-order valence-electron chi connectivity index (χ2n) is 5.47. The molecule has 0 N–H and O–H groups in total. The maximum absolute atomic E-state index is 11.9. The topological polar surface area (TPSA) is 26.3 Å². The van der Waals surface area contributed by atoms with Gasteiger partial charge < -0.3 is 4.74 Å². The molecule has 0 aromatic rings. The Morgan fingerprint density at radius 2 is 2.29 bits per heavy atom. The molecular formula is C15H22O2. The molecule has 2 fully saturated rings. The number of carbonyl (C=O) groups is 1. The summed E-state index contributed by atoms with van der Waals surface area (Å²) in [7, 11) is 0. The molecule has 0 aromatic heterocycles. The first-order valence-electron chi connectivity index (χ1n) is 6.52. The molecule has 4 atom stereocenters. The van der Waals surface area contributed by atoms with Crippen molar-refractivity contribution < 1.29 is 9.53 Å². The molecule has 0 heterocycles. The van der Waals surface area contributed by atoms with E-state index in [9.17, 15) is 4.79 Å². The summed E-state index contributed by atoms with van der Waals surface area (Å²) in [5.74, 6) is 1.05. The minimum atomic E-state index is -0.0280. The number of hydrogen-bond acceptors (Lipinski definition) is 2. The first-order valence-corrected chi connectivity index (χ1v) is 6.52. The fraction of sp³-hybridized carbons (Fsp3) is 0.667. The van der Waals surface area contributed by atoms with Gasteiger partial charge in [0.1, 0.15) is 0 Å². The molecule has 2 saturated carbocycles. The van der Waals surface area contributed by atoms with Gasteiger partial charge in [0.05, 0.1) is 12.5 Å². The van der Waals surface area contributed by atoms with Crippen LogP contribution in [0.2, 0.25) is 0 Å². The summed E-state index contributed by atoms with van der Waals surface area (Å²) >= 11 is 0. The molecular weight excluding hydrogens is 212 g/mol. The Hall–Kier alpha value is -1.05. The lowest BCUT2D eigenvalue weighted by molar-refractivity contribution is -0.145. The Morgan fingerprint density at radius 3 is 2.82 bits per heavy atom. The van der Waals surface area contributed by atoms with Crippen molar-refractivity contribution in [3.05, 3.63) is 24.8 Å². The summed E-state index contributed by atoms with van der Waals surface area (Å²) in [4.78, 5) is 11.9. The van der Waals surface area contributed by atoms with Crippen LogP contribution in [0.5, 0.6) is 0 Å². The predicted molar refractivity (Wildman–Crippen MR) is 68.4 cm³/mol. The molecule has 2 nitrogen and oxygen atoms in total. The first kappa shape index (κ1) is 12.4. The van der Waals surface area contributed by atoms with Crippen molar-refractivity contribution in [3.8, 4) is 0 Å². The van der Waals surface area contributed by atoms with Crippen LogP contribution in [-0.2, 0) is 9.53 Å². The summed E-state index contributed by atoms with van der Waals surface area (Å²) in [5, 5.41) is 0. The molecule has 0 spiro atoms. The monoisotopic (exact) mass is 234 g/mol. The van der Waals surface area contributed by atoms with Crippen molar-refractivity contribution in [1.29, 1.82) is 0 Å². The zero-order chi connectivity index (χ0) is 12.6. The molecule has 2 aliphatic carbocycles. The fourth-order valence-corrected chi connectivity index (χ4v) is 3.53. The van der Waals surface area contributed by atoms with E-state index in [1.165, 1.54) is 5.57 Å². The van der Waals surface area contributed by atoms with Crippen LogP contribution in [-0.4, -0.2) is 12.6 Å². The molecule has 2 rings (SSSR count). The smallest absolute Gasteiger partial charge is 0.310 e. The largest absolute Gasteiger partial charge is 0.466 e. The van der Waals surface area contributed by atoms with Gasteiger partial charge in [0, 0.05) is 5.41 Å². The zero-order valence-electron chi connectivity index (χ0n) is 10.9. The van der Waals surface area contributed by atoms with E-state index in [1.807, 2.05) is 13.0 Å². The van der Waals surface area contributed by atoms with Crippen LogP contribution in [0.4, 0.5) is 0 Å². The van der Waals surface area contributed by atoms with E-state index >= 15 is 0 Å². The minimum Gasteiger partial charge on any atom is -0.466 e. The lowest BCUT2D eigenvalue weighted by atomic mass is 9.79. The second kappa shape index (κ2) is 4.32. The molecule has 17 heavy (non-hydrogen) atoms. The standard InChI is InChI=1S/C15H22O2/c1-5-15-8-7-11(10(3)4)9-12(15)13(15)14(16)17-6-2/h5,11-13H,1,3,6-9H2,2,4H3. The molecule has 0 aromatic carbocycles. The molecule has 0 saturated heterocycles. The molecule has 4 unspecified atom stereocenters. The van der Waals surface area contributed by atoms with Crippen molar-refractivity contribution in [2.75, 3.05) is 6.61 Å². The third kappa shape index (κ3) is 1.84. The van der Waals surface area contributed by atoms with Crippen molar-refractivity contribution in [2.45, 2.75) is 33.1 Å². The maximum Gasteiger partial charge on any atom is 0.310 e. The quantitative estimate of drug-likeness (QED) is 0.551. The summed E-state index contributed by atoms with van der Waals surface area (Å²) in [6.45, 7) is 12.4. The highest BCUT2D eigenvalue weighted by Gasteiger charge is 2.68. The van der Waals surface area contributed by atoms with E-state index in [2.05, 4.69) is 20.1 Å². The molecule has 0 radical (unpaired) electrons. The fourth-order valence-electron chi connectivity index (χ4n) is 3.53. The van der Waals surface area contributed by atoms with E-state index in [-0.39, 0.29) is 17.3 Å². The van der Waals surface area contributed by atoms with Crippen LogP contribution >= 0.6 is 0 Å². The normalized spacial score (nSPS) is 39.1. The van der Waals surface area contributed by atoms with Gasteiger partial charge in [-0.1, -0.05) is 18.2 Å². The second-order valence-corrected chi connectivity index (χ2v) is 5.47. The number of ether oxygens (including phenoxy) is 1. The first-order chi connectivity index (χ1) is 8.06. The third-order valence-electron chi connectivity index (χ3n) is 4.64. The highest BCUT2D eigenvalue weighted by Crippen LogP contribution is 2.68. The lowest BCUT2D eigenvalue weighted by Crippen LogP contribution is -2.16. The van der Waals surface area contributed by atoms with Crippen LogP contribution < -0.4 is 0 Å². The van der Waals surface area contributed by atoms with Gasteiger partial charge in [0.15, 0.2) is 0 Å². The Kier molecular flexibility index (Phi) is 3.15. The average molecular weight is 234 g/mol. The SMILES string of the molecule is C=CC12CCC(C(=C)C)CC1C2C(=O)OCC. The third-order valence-corrected chi connectivity index (χ3v) is 4.64. The average Bonchev–Trinajstić information content (AvgIpc) is 2.97. The summed E-state index contributed by atoms with van der Waals surface area (Å²) in [6, 6.07) is 0. The highest BCUT2D eigenvalue weighted by atomic mass is 16.5. The molecule has 2 heteroatoms. The van der Waals surface area contributed by atoms with Gasteiger partial charge in [-0.2, -0.15) is 0 Å². The predicted octanol–water partition coefficient (Wildman–Crippen LogP) is 3.34. The Labute approximate surface area is 104 Å². The number of rotatable bonds is 4. The van der Waals surface area contributed by atoms with Gasteiger partial charge in [-0.15, -0.1) is 6.58 Å². The lowest BCUT2D eigenvalue weighted by Gasteiger charge is -2.26. The summed E-state index contributed by atoms with van der Waals surface area (Å²) in [6.07, 6.45) is 5.26. The number of carbonyl (C=O) groups excluding carboxylic acids is 1. The number of esters is 1. The van der Waals surface area contributed by atoms with Gasteiger partial charge in [-0.25, -0.2) is 0 Å². The number of allylic oxidation sites excluding steroid dienone is 2. The van der Waals surface area contributed by atoms with Gasteiger partial charge in [-0.3, -0.25) is 4.79 Å². The molecule has 0 aliphatic heterocycles. The van der Waals surface area contributed by atoms with Gasteiger partial charge in [-0.05, 0) is 44.9 Å². The van der Waals surface area contributed by atoms with Crippen LogP contribution in [0.15, 0.2) is 24.8 Å². The summed E-state index contributed by atoms with van der Waals surface area (Å²) < 4.78 is 5.17. The van der Waals surface area contributed by atoms with E-state index < -0.39 is 0 Å². The molecule has 94 valence electrons. The van der Waals surface area contributed by atoms with E-state index in [0.717, 1.165) is 19.3 Å². The molecule has 0 amide bonds. The molecule has 0 bridgehead atoms. The maximum atomic E-state index is 11.9. The summed E-state index contributed by atoms with van der Waals surface area (Å²) in [5.41, 5.74) is 1.29. The van der Waals surface area contributed by atoms with Crippen LogP contribution in [0, 0.1) is 23.2 Å². The van der Waals surface area contributed by atoms with E-state index in [1.54, 1.807) is 0 Å². The van der Waals surface area contributed by atoms with Gasteiger partial charge >= 0.3 is 5.97 Å².